The van der Waals surface area contributed by atoms with Crippen molar-refractivity contribution in [2.24, 2.45) is 0 Å². The molecule has 0 atom stereocenters. The van der Waals surface area contributed by atoms with Gasteiger partial charge >= 0.3 is 0 Å². The number of rotatable bonds is 1. The second kappa shape index (κ2) is 3.43. The van der Waals surface area contributed by atoms with Crippen molar-refractivity contribution >= 4 is 27.5 Å². The van der Waals surface area contributed by atoms with Crippen LogP contribution in [0.3, 0.4) is 0 Å². The van der Waals surface area contributed by atoms with E-state index in [-0.39, 0.29) is 0 Å². The molecule has 0 aromatic carbocycles. The van der Waals surface area contributed by atoms with Crippen molar-refractivity contribution in [1.29, 1.82) is 0 Å². The van der Waals surface area contributed by atoms with Gasteiger partial charge in [0, 0.05) is 6.20 Å². The molecule has 0 saturated carbocycles. The molecule has 0 radical (unpaired) electrons. The molecule has 0 amide bonds. The van der Waals surface area contributed by atoms with Crippen LogP contribution >= 0.6 is 27.5 Å². The van der Waals surface area contributed by atoms with E-state index >= 15 is 0 Å². The molecule has 2 aromatic rings. The Labute approximate surface area is 87.7 Å². The molecule has 13 heavy (non-hydrogen) atoms. The van der Waals surface area contributed by atoms with Crippen LogP contribution in [0.5, 0.6) is 0 Å². The summed E-state index contributed by atoms with van der Waals surface area (Å²) in [6, 6.07) is 0. The molecule has 0 bridgehead atoms. The van der Waals surface area contributed by atoms with Gasteiger partial charge in [0.25, 0.3) is 0 Å². The molecule has 0 unspecified atom stereocenters. The van der Waals surface area contributed by atoms with Crippen molar-refractivity contribution in [3.63, 3.8) is 0 Å². The van der Waals surface area contributed by atoms with Gasteiger partial charge in [-0.1, -0.05) is 11.6 Å². The van der Waals surface area contributed by atoms with Crippen molar-refractivity contribution in [3.05, 3.63) is 34.7 Å². The van der Waals surface area contributed by atoms with Crippen LogP contribution in [-0.2, 0) is 0 Å². The number of hydrogen-bond donors (Lipinski definition) is 0. The Morgan fingerprint density at radius 1 is 1.23 bits per heavy atom. The van der Waals surface area contributed by atoms with Gasteiger partial charge in [0.15, 0.2) is 5.82 Å². The normalized spacial score (nSPS) is 10.3. The van der Waals surface area contributed by atoms with Crippen LogP contribution in [0, 0.1) is 0 Å². The average molecular weight is 259 g/mol. The summed E-state index contributed by atoms with van der Waals surface area (Å²) in [5, 5.41) is 0.378. The molecule has 0 saturated heterocycles. The Morgan fingerprint density at radius 2 is 2.08 bits per heavy atom. The zero-order chi connectivity index (χ0) is 9.26. The van der Waals surface area contributed by atoms with Gasteiger partial charge in [-0.2, -0.15) is 0 Å². The summed E-state index contributed by atoms with van der Waals surface area (Å²) < 4.78 is 2.50. The van der Waals surface area contributed by atoms with Crippen LogP contribution in [0.2, 0.25) is 5.15 Å². The summed E-state index contributed by atoms with van der Waals surface area (Å²) in [7, 11) is 0. The van der Waals surface area contributed by atoms with Crippen molar-refractivity contribution in [2.75, 3.05) is 0 Å². The predicted molar refractivity (Wildman–Crippen MR) is 51.9 cm³/mol. The topological polar surface area (TPSA) is 43.6 Å². The largest absolute Gasteiger partial charge is 0.288 e. The van der Waals surface area contributed by atoms with E-state index < -0.39 is 0 Å². The fourth-order valence-corrected chi connectivity index (χ4v) is 1.27. The quantitative estimate of drug-likeness (QED) is 0.787. The zero-order valence-electron chi connectivity index (χ0n) is 6.35. The average Bonchev–Trinajstić information content (AvgIpc) is 2.53. The molecular formula is C7H4BrClN4. The molecule has 66 valence electrons. The van der Waals surface area contributed by atoms with Crippen LogP contribution in [0.25, 0.3) is 5.82 Å². The summed E-state index contributed by atoms with van der Waals surface area (Å²) in [5.41, 5.74) is 0. The second-order valence-corrected chi connectivity index (χ2v) is 3.50. The van der Waals surface area contributed by atoms with E-state index in [4.69, 9.17) is 11.6 Å². The van der Waals surface area contributed by atoms with E-state index in [1.54, 1.807) is 23.3 Å². The summed E-state index contributed by atoms with van der Waals surface area (Å²) in [4.78, 5) is 12.0. The van der Waals surface area contributed by atoms with Gasteiger partial charge in [0.2, 0.25) is 0 Å². The van der Waals surface area contributed by atoms with E-state index in [2.05, 4.69) is 30.9 Å². The van der Waals surface area contributed by atoms with Crippen molar-refractivity contribution in [2.45, 2.75) is 0 Å². The summed E-state index contributed by atoms with van der Waals surface area (Å²) in [6.07, 6.45) is 6.50. The zero-order valence-corrected chi connectivity index (χ0v) is 8.70. The summed E-state index contributed by atoms with van der Waals surface area (Å²) >= 11 is 8.83. The van der Waals surface area contributed by atoms with Crippen LogP contribution in [0.15, 0.2) is 29.5 Å². The number of imidazole rings is 1. The maximum atomic E-state index is 5.60. The number of halogens is 2. The molecular weight excluding hydrogens is 255 g/mol. The monoisotopic (exact) mass is 258 g/mol. The van der Waals surface area contributed by atoms with Gasteiger partial charge in [-0.25, -0.2) is 15.0 Å². The maximum Gasteiger partial charge on any atom is 0.156 e. The smallest absolute Gasteiger partial charge is 0.156 e. The molecule has 4 nitrogen and oxygen atoms in total. The van der Waals surface area contributed by atoms with Gasteiger partial charge in [0.05, 0.1) is 12.4 Å². The van der Waals surface area contributed by atoms with Gasteiger partial charge < -0.3 is 0 Å². The SMILES string of the molecule is Clc1cnc(-n2cnc(Br)c2)cn1. The minimum absolute atomic E-state index is 0.378. The highest BCUT2D eigenvalue weighted by molar-refractivity contribution is 9.10. The Bertz CT molecular complexity index is 411. The van der Waals surface area contributed by atoms with Crippen LogP contribution in [0.1, 0.15) is 0 Å². The van der Waals surface area contributed by atoms with Crippen LogP contribution < -0.4 is 0 Å². The van der Waals surface area contributed by atoms with Gasteiger partial charge in [0.1, 0.15) is 16.1 Å². The van der Waals surface area contributed by atoms with E-state index in [1.807, 2.05) is 0 Å². The van der Waals surface area contributed by atoms with E-state index in [0.29, 0.717) is 11.0 Å². The first-order valence-electron chi connectivity index (χ1n) is 3.43. The third-order valence-corrected chi connectivity index (χ3v) is 2.03. The molecule has 0 spiro atoms. The molecule has 0 aliphatic heterocycles. The van der Waals surface area contributed by atoms with Gasteiger partial charge in [-0.3, -0.25) is 4.57 Å². The highest BCUT2D eigenvalue weighted by Gasteiger charge is 1.99. The molecule has 2 aromatic heterocycles. The molecule has 0 N–H and O–H groups in total. The number of hydrogen-bond acceptors (Lipinski definition) is 3. The third kappa shape index (κ3) is 1.87. The minimum atomic E-state index is 0.378. The second-order valence-electron chi connectivity index (χ2n) is 2.30. The lowest BCUT2D eigenvalue weighted by Gasteiger charge is -1.97. The van der Waals surface area contributed by atoms with E-state index in [0.717, 1.165) is 4.60 Å². The molecule has 0 fully saturated rings. The summed E-state index contributed by atoms with van der Waals surface area (Å²) in [6.45, 7) is 0. The van der Waals surface area contributed by atoms with Crippen molar-refractivity contribution < 1.29 is 0 Å². The first-order chi connectivity index (χ1) is 6.25. The lowest BCUT2D eigenvalue weighted by atomic mass is 10.6. The predicted octanol–water partition coefficient (Wildman–Crippen LogP) is 2.08. The Hall–Kier alpha value is -0.940. The third-order valence-electron chi connectivity index (χ3n) is 1.42. The first-order valence-corrected chi connectivity index (χ1v) is 4.60. The van der Waals surface area contributed by atoms with Crippen LogP contribution in [-0.4, -0.2) is 19.5 Å². The van der Waals surface area contributed by atoms with Gasteiger partial charge in [-0.15, -0.1) is 0 Å². The fraction of sp³-hybridized carbons (Fsp3) is 0. The van der Waals surface area contributed by atoms with Crippen LogP contribution in [0.4, 0.5) is 0 Å². The van der Waals surface area contributed by atoms with E-state index in [9.17, 15) is 0 Å². The van der Waals surface area contributed by atoms with Crippen molar-refractivity contribution in [3.8, 4) is 5.82 Å². The Kier molecular flexibility index (Phi) is 2.28. The molecule has 6 heteroatoms. The highest BCUT2D eigenvalue weighted by Crippen LogP contribution is 2.10. The number of nitrogens with zero attached hydrogens (tertiary/aromatic N) is 4. The van der Waals surface area contributed by atoms with Crippen molar-refractivity contribution in [1.82, 2.24) is 19.5 Å². The van der Waals surface area contributed by atoms with E-state index in [1.165, 1.54) is 6.20 Å². The first kappa shape index (κ1) is 8.65. The number of aromatic nitrogens is 4. The highest BCUT2D eigenvalue weighted by atomic mass is 79.9. The molecule has 0 aliphatic rings. The lowest BCUT2D eigenvalue weighted by Crippen LogP contribution is -1.94. The Morgan fingerprint density at radius 3 is 2.62 bits per heavy atom. The lowest BCUT2D eigenvalue weighted by molar-refractivity contribution is 0.971. The van der Waals surface area contributed by atoms with Gasteiger partial charge in [-0.05, 0) is 15.9 Å². The minimum Gasteiger partial charge on any atom is -0.288 e. The molecule has 2 heterocycles. The Balaban J connectivity index is 2.41. The molecule has 2 rings (SSSR count). The maximum absolute atomic E-state index is 5.60. The molecule has 0 aliphatic carbocycles. The fourth-order valence-electron chi connectivity index (χ4n) is 0.863. The standard InChI is InChI=1S/C7H4BrClN4/c8-5-3-13(4-12-5)7-2-10-6(9)1-11-7/h1-4H. The summed E-state index contributed by atoms with van der Waals surface area (Å²) in [5.74, 6) is 0.683.